The van der Waals surface area contributed by atoms with Gasteiger partial charge in [-0.05, 0) is 49.4 Å². The van der Waals surface area contributed by atoms with Crippen molar-refractivity contribution in [2.24, 2.45) is 23.2 Å². The second-order valence-electron chi connectivity index (χ2n) is 9.64. The molecule has 4 fully saturated rings. The first-order chi connectivity index (χ1) is 12.7. The summed E-state index contributed by atoms with van der Waals surface area (Å²) in [7, 11) is -0.418. The molecule has 1 N–H and O–H groups in total. The van der Waals surface area contributed by atoms with Crippen LogP contribution in [0.5, 0.6) is 0 Å². The highest BCUT2D eigenvalue weighted by atomic mass is 16.7. The van der Waals surface area contributed by atoms with Gasteiger partial charge in [-0.1, -0.05) is 27.7 Å². The monoisotopic (exact) mass is 371 g/mol. The van der Waals surface area contributed by atoms with Crippen LogP contribution in [0.15, 0.2) is 18.6 Å². The minimum absolute atomic E-state index is 0.113. The zero-order chi connectivity index (χ0) is 19.4. The second-order valence-corrected chi connectivity index (χ2v) is 9.64. The van der Waals surface area contributed by atoms with E-state index in [1.54, 1.807) is 6.20 Å². The Morgan fingerprint density at radius 3 is 2.74 bits per heavy atom. The molecule has 2 bridgehead atoms. The summed E-state index contributed by atoms with van der Waals surface area (Å²) >= 11 is 0. The number of carbonyl (C=O) groups excluding carboxylic acids is 1. The average Bonchev–Trinajstić information content (AvgIpc) is 2.98. The molecule has 2 heterocycles. The third kappa shape index (κ3) is 3.09. The van der Waals surface area contributed by atoms with Gasteiger partial charge in [-0.2, -0.15) is 0 Å². The van der Waals surface area contributed by atoms with Crippen LogP contribution in [0.4, 0.5) is 0 Å². The van der Waals surface area contributed by atoms with E-state index in [0.29, 0.717) is 28.9 Å². The van der Waals surface area contributed by atoms with Gasteiger partial charge in [0.1, 0.15) is 5.69 Å². The van der Waals surface area contributed by atoms with Gasteiger partial charge in [0.25, 0.3) is 5.91 Å². The molecule has 3 aliphatic carbocycles. The molecule has 6 nitrogen and oxygen atoms in total. The molecule has 0 aromatic carbocycles. The van der Waals surface area contributed by atoms with Crippen molar-refractivity contribution in [3.8, 4) is 0 Å². The first-order valence-corrected chi connectivity index (χ1v) is 10.1. The predicted octanol–water partition coefficient (Wildman–Crippen LogP) is 2.89. The first kappa shape index (κ1) is 18.9. The maximum atomic E-state index is 12.6. The lowest BCUT2D eigenvalue weighted by Crippen LogP contribution is -2.65. The molecule has 4 aliphatic rings. The lowest BCUT2D eigenvalue weighted by atomic mass is 9.43. The van der Waals surface area contributed by atoms with Crippen molar-refractivity contribution in [2.75, 3.05) is 0 Å². The van der Waals surface area contributed by atoms with Crippen molar-refractivity contribution in [3.63, 3.8) is 0 Å². The minimum Gasteiger partial charge on any atom is -0.404 e. The number of hydrogen-bond acceptors (Lipinski definition) is 5. The Hall–Kier alpha value is -1.47. The van der Waals surface area contributed by atoms with Crippen molar-refractivity contribution < 1.29 is 14.1 Å². The van der Waals surface area contributed by atoms with Crippen molar-refractivity contribution in [1.29, 1.82) is 0 Å². The highest BCUT2D eigenvalue weighted by Gasteiger charge is 2.68. The Morgan fingerprint density at radius 2 is 2.11 bits per heavy atom. The van der Waals surface area contributed by atoms with Gasteiger partial charge in [0.15, 0.2) is 0 Å². The molecule has 1 aromatic rings. The summed E-state index contributed by atoms with van der Waals surface area (Å²) < 4.78 is 13.0. The number of nitrogens with one attached hydrogen (secondary N) is 1. The molecular formula is C20H30BN3O3. The summed E-state index contributed by atoms with van der Waals surface area (Å²) in [5, 5.41) is 3.09. The topological polar surface area (TPSA) is 73.3 Å². The van der Waals surface area contributed by atoms with Crippen LogP contribution in [0.25, 0.3) is 0 Å². The van der Waals surface area contributed by atoms with Gasteiger partial charge in [-0.3, -0.25) is 9.78 Å². The summed E-state index contributed by atoms with van der Waals surface area (Å²) in [6.45, 7) is 11.2. The zero-order valence-corrected chi connectivity index (χ0v) is 16.9. The summed E-state index contributed by atoms with van der Waals surface area (Å²) in [6, 6.07) is 0. The van der Waals surface area contributed by atoms with Gasteiger partial charge in [0.2, 0.25) is 0 Å². The van der Waals surface area contributed by atoms with Crippen molar-refractivity contribution in [2.45, 2.75) is 71.5 Å². The maximum absolute atomic E-state index is 12.6. The maximum Gasteiger partial charge on any atom is 0.481 e. The largest absolute Gasteiger partial charge is 0.481 e. The number of amides is 1. The Morgan fingerprint density at radius 1 is 1.33 bits per heavy atom. The molecule has 5 atom stereocenters. The Kier molecular flexibility index (Phi) is 4.58. The third-order valence-electron chi connectivity index (χ3n) is 7.13. The molecule has 1 amide bonds. The van der Waals surface area contributed by atoms with E-state index in [4.69, 9.17) is 9.31 Å². The lowest BCUT2D eigenvalue weighted by Gasteiger charge is -2.64. The van der Waals surface area contributed by atoms with E-state index in [1.165, 1.54) is 18.8 Å². The first-order valence-electron chi connectivity index (χ1n) is 10.1. The molecular weight excluding hydrogens is 341 g/mol. The Balaban J connectivity index is 1.51. The van der Waals surface area contributed by atoms with Crippen LogP contribution in [0.2, 0.25) is 0 Å². The minimum atomic E-state index is -0.418. The van der Waals surface area contributed by atoms with Crippen LogP contribution in [0.3, 0.4) is 0 Å². The summed E-state index contributed by atoms with van der Waals surface area (Å²) in [6.07, 6.45) is 7.74. The fourth-order valence-corrected chi connectivity index (χ4v) is 5.48. The molecule has 146 valence electrons. The van der Waals surface area contributed by atoms with Gasteiger partial charge in [-0.15, -0.1) is 0 Å². The Bertz CT molecular complexity index is 714. The molecule has 1 saturated heterocycles. The second kappa shape index (κ2) is 6.55. The highest BCUT2D eigenvalue weighted by Crippen LogP contribution is 2.65. The van der Waals surface area contributed by atoms with E-state index in [0.717, 1.165) is 12.8 Å². The average molecular weight is 371 g/mol. The quantitative estimate of drug-likeness (QED) is 0.806. The van der Waals surface area contributed by atoms with Crippen LogP contribution in [-0.2, 0) is 9.31 Å². The molecule has 1 aromatic heterocycles. The number of aromatic nitrogens is 2. The fraction of sp³-hybridized carbons (Fsp3) is 0.750. The number of carbonyl (C=O) groups is 1. The van der Waals surface area contributed by atoms with Gasteiger partial charge in [0.05, 0.1) is 23.8 Å². The third-order valence-corrected chi connectivity index (χ3v) is 7.13. The zero-order valence-electron chi connectivity index (χ0n) is 16.9. The van der Waals surface area contributed by atoms with Crippen molar-refractivity contribution >= 4 is 13.0 Å². The van der Waals surface area contributed by atoms with Crippen LogP contribution in [0, 0.1) is 23.2 Å². The van der Waals surface area contributed by atoms with Crippen LogP contribution in [0.1, 0.15) is 64.4 Å². The smallest absolute Gasteiger partial charge is 0.404 e. The fourth-order valence-electron chi connectivity index (χ4n) is 5.48. The van der Waals surface area contributed by atoms with Crippen LogP contribution < -0.4 is 5.32 Å². The van der Waals surface area contributed by atoms with E-state index in [1.807, 2.05) is 0 Å². The molecule has 27 heavy (non-hydrogen) atoms. The molecule has 5 rings (SSSR count). The molecule has 7 heteroatoms. The SMILES string of the molecule is CC(C)C[C@H](NC(=O)c1cnccn1)B1O[C@@H]2CC3CC(C3(C)C)[C@]2(C)O1. The van der Waals surface area contributed by atoms with E-state index in [9.17, 15) is 4.79 Å². The number of nitrogens with zero attached hydrogens (tertiary/aromatic N) is 2. The van der Waals surface area contributed by atoms with Crippen molar-refractivity contribution in [3.05, 3.63) is 24.3 Å². The van der Waals surface area contributed by atoms with E-state index in [2.05, 4.69) is 49.9 Å². The highest BCUT2D eigenvalue weighted by molar-refractivity contribution is 6.48. The van der Waals surface area contributed by atoms with E-state index >= 15 is 0 Å². The molecule has 0 spiro atoms. The van der Waals surface area contributed by atoms with Gasteiger partial charge in [0, 0.05) is 12.4 Å². The summed E-state index contributed by atoms with van der Waals surface area (Å²) in [4.78, 5) is 20.7. The molecule has 1 aliphatic heterocycles. The standard InChI is InChI=1S/C20H30BN3O3/c1-12(2)8-17(24-18(25)14-11-22-6-7-23-14)21-26-16-10-13-9-15(19(13,3)4)20(16,5)27-21/h6-7,11-13,15-17H,8-10H2,1-5H3,(H,24,25)/t13?,15?,16-,17+,20+/m1/s1. The van der Waals surface area contributed by atoms with Crippen molar-refractivity contribution in [1.82, 2.24) is 15.3 Å². The Labute approximate surface area is 162 Å². The summed E-state index contributed by atoms with van der Waals surface area (Å²) in [5.74, 6) is 1.19. The number of hydrogen-bond donors (Lipinski definition) is 1. The van der Waals surface area contributed by atoms with Gasteiger partial charge < -0.3 is 14.6 Å². The van der Waals surface area contributed by atoms with Gasteiger partial charge in [-0.25, -0.2) is 4.98 Å². The van der Waals surface area contributed by atoms with E-state index < -0.39 is 7.12 Å². The van der Waals surface area contributed by atoms with E-state index in [-0.39, 0.29) is 23.6 Å². The predicted molar refractivity (Wildman–Crippen MR) is 103 cm³/mol. The molecule has 0 radical (unpaired) electrons. The summed E-state index contributed by atoms with van der Waals surface area (Å²) in [5.41, 5.74) is 0.353. The van der Waals surface area contributed by atoms with Crippen LogP contribution in [-0.4, -0.2) is 40.6 Å². The lowest BCUT2D eigenvalue weighted by molar-refractivity contribution is -0.199. The van der Waals surface area contributed by atoms with Crippen LogP contribution >= 0.6 is 0 Å². The van der Waals surface area contributed by atoms with Gasteiger partial charge >= 0.3 is 7.12 Å². The molecule has 2 unspecified atom stereocenters. The number of rotatable bonds is 5. The normalized spacial score (nSPS) is 34.7. The molecule has 3 saturated carbocycles.